The van der Waals surface area contributed by atoms with Crippen LogP contribution in [0.4, 0.5) is 5.69 Å². The number of nitrogen functional groups attached to an aromatic ring is 1. The molecule has 0 radical (unpaired) electrons. The Balaban J connectivity index is 1.96. The van der Waals surface area contributed by atoms with Crippen LogP contribution in [0.25, 0.3) is 0 Å². The predicted molar refractivity (Wildman–Crippen MR) is 69.1 cm³/mol. The summed E-state index contributed by atoms with van der Waals surface area (Å²) >= 11 is 0. The summed E-state index contributed by atoms with van der Waals surface area (Å²) in [6.45, 7) is 8.23. The fourth-order valence-electron chi connectivity index (χ4n) is 2.80. The molecule has 1 aliphatic heterocycles. The first-order chi connectivity index (χ1) is 7.63. The van der Waals surface area contributed by atoms with Crippen molar-refractivity contribution in [1.82, 2.24) is 4.90 Å². The van der Waals surface area contributed by atoms with Crippen molar-refractivity contribution in [2.24, 2.45) is 11.8 Å². The van der Waals surface area contributed by atoms with Gasteiger partial charge in [0.1, 0.15) is 0 Å². The van der Waals surface area contributed by atoms with Gasteiger partial charge in [0.05, 0.1) is 0 Å². The summed E-state index contributed by atoms with van der Waals surface area (Å²) in [4.78, 5) is 2.56. The molecule has 2 rings (SSSR count). The largest absolute Gasteiger partial charge is 0.399 e. The number of piperidine rings is 1. The second-order valence-corrected chi connectivity index (χ2v) is 5.38. The van der Waals surface area contributed by atoms with E-state index in [1.54, 1.807) is 0 Å². The van der Waals surface area contributed by atoms with Crippen LogP contribution in [0.15, 0.2) is 24.3 Å². The molecule has 0 aliphatic carbocycles. The van der Waals surface area contributed by atoms with Crippen LogP contribution in [0, 0.1) is 11.8 Å². The number of rotatable bonds is 2. The van der Waals surface area contributed by atoms with E-state index in [9.17, 15) is 0 Å². The molecule has 1 aliphatic rings. The van der Waals surface area contributed by atoms with Crippen LogP contribution in [0.1, 0.15) is 25.8 Å². The molecule has 2 nitrogen and oxygen atoms in total. The second kappa shape index (κ2) is 4.88. The van der Waals surface area contributed by atoms with Gasteiger partial charge in [0, 0.05) is 25.3 Å². The average Bonchev–Trinajstić information content (AvgIpc) is 2.20. The molecule has 1 heterocycles. The monoisotopic (exact) mass is 218 g/mol. The van der Waals surface area contributed by atoms with E-state index in [0.717, 1.165) is 24.1 Å². The van der Waals surface area contributed by atoms with E-state index in [-0.39, 0.29) is 0 Å². The van der Waals surface area contributed by atoms with E-state index >= 15 is 0 Å². The number of likely N-dealkylation sites (tertiary alicyclic amines) is 1. The third-order valence-electron chi connectivity index (χ3n) is 3.33. The van der Waals surface area contributed by atoms with Gasteiger partial charge < -0.3 is 5.73 Å². The van der Waals surface area contributed by atoms with Gasteiger partial charge in [0.2, 0.25) is 0 Å². The van der Waals surface area contributed by atoms with Crippen molar-refractivity contribution in [3.63, 3.8) is 0 Å². The molecule has 0 amide bonds. The molecule has 1 aromatic rings. The molecule has 2 heteroatoms. The van der Waals surface area contributed by atoms with E-state index in [2.05, 4.69) is 30.9 Å². The van der Waals surface area contributed by atoms with E-state index in [1.165, 1.54) is 25.1 Å². The molecule has 2 N–H and O–H groups in total. The van der Waals surface area contributed by atoms with Crippen LogP contribution < -0.4 is 5.73 Å². The highest BCUT2D eigenvalue weighted by atomic mass is 15.1. The van der Waals surface area contributed by atoms with Gasteiger partial charge in [-0.2, -0.15) is 0 Å². The number of benzene rings is 1. The van der Waals surface area contributed by atoms with Gasteiger partial charge in [0.15, 0.2) is 0 Å². The van der Waals surface area contributed by atoms with E-state index in [1.807, 2.05) is 12.1 Å². The number of hydrogen-bond acceptors (Lipinski definition) is 2. The van der Waals surface area contributed by atoms with Crippen LogP contribution in [0.2, 0.25) is 0 Å². The fourth-order valence-corrected chi connectivity index (χ4v) is 2.80. The maximum Gasteiger partial charge on any atom is 0.0314 e. The van der Waals surface area contributed by atoms with Crippen molar-refractivity contribution in [3.05, 3.63) is 29.8 Å². The zero-order valence-corrected chi connectivity index (χ0v) is 10.3. The number of nitrogens with zero attached hydrogens (tertiary/aromatic N) is 1. The Labute approximate surface area is 98.4 Å². The highest BCUT2D eigenvalue weighted by Crippen LogP contribution is 2.22. The maximum absolute atomic E-state index is 5.69. The van der Waals surface area contributed by atoms with Crippen LogP contribution in [0.5, 0.6) is 0 Å². The maximum atomic E-state index is 5.69. The highest BCUT2D eigenvalue weighted by Gasteiger charge is 2.21. The van der Waals surface area contributed by atoms with E-state index in [0.29, 0.717) is 0 Å². The summed E-state index contributed by atoms with van der Waals surface area (Å²) in [5.74, 6) is 1.66. The molecular weight excluding hydrogens is 196 g/mol. The van der Waals surface area contributed by atoms with Crippen LogP contribution in [0.3, 0.4) is 0 Å². The Morgan fingerprint density at radius 2 is 1.69 bits per heavy atom. The summed E-state index contributed by atoms with van der Waals surface area (Å²) < 4.78 is 0. The molecular formula is C14H22N2. The molecule has 88 valence electrons. The number of nitrogens with two attached hydrogens (primary N) is 1. The van der Waals surface area contributed by atoms with Gasteiger partial charge in [-0.3, -0.25) is 4.90 Å². The van der Waals surface area contributed by atoms with Crippen LogP contribution in [-0.2, 0) is 6.54 Å². The summed E-state index contributed by atoms with van der Waals surface area (Å²) in [5.41, 5.74) is 7.91. The second-order valence-electron chi connectivity index (χ2n) is 5.38. The normalized spacial score (nSPS) is 26.9. The molecule has 0 spiro atoms. The standard InChI is InChI=1S/C14H22N2/c1-11-7-12(2)9-16(8-11)10-13-3-5-14(15)6-4-13/h3-6,11-12H,7-10,15H2,1-2H3/t11-,12+. The van der Waals surface area contributed by atoms with E-state index in [4.69, 9.17) is 5.73 Å². The fraction of sp³-hybridized carbons (Fsp3) is 0.571. The molecule has 1 aromatic carbocycles. The van der Waals surface area contributed by atoms with Crippen LogP contribution >= 0.6 is 0 Å². The first-order valence-corrected chi connectivity index (χ1v) is 6.20. The molecule has 0 bridgehead atoms. The summed E-state index contributed by atoms with van der Waals surface area (Å²) in [7, 11) is 0. The summed E-state index contributed by atoms with van der Waals surface area (Å²) in [5, 5.41) is 0. The van der Waals surface area contributed by atoms with Crippen molar-refractivity contribution in [3.8, 4) is 0 Å². The molecule has 2 atom stereocenters. The molecule has 1 fully saturated rings. The van der Waals surface area contributed by atoms with Crippen molar-refractivity contribution < 1.29 is 0 Å². The predicted octanol–water partition coefficient (Wildman–Crippen LogP) is 2.75. The Morgan fingerprint density at radius 3 is 2.25 bits per heavy atom. The zero-order valence-electron chi connectivity index (χ0n) is 10.3. The molecule has 0 saturated carbocycles. The highest BCUT2D eigenvalue weighted by molar-refractivity contribution is 5.39. The lowest BCUT2D eigenvalue weighted by atomic mass is 9.91. The first kappa shape index (κ1) is 11.5. The molecule has 16 heavy (non-hydrogen) atoms. The van der Waals surface area contributed by atoms with Gasteiger partial charge in [-0.1, -0.05) is 26.0 Å². The van der Waals surface area contributed by atoms with Gasteiger partial charge >= 0.3 is 0 Å². The zero-order chi connectivity index (χ0) is 11.5. The first-order valence-electron chi connectivity index (χ1n) is 6.20. The number of anilines is 1. The third-order valence-corrected chi connectivity index (χ3v) is 3.33. The van der Waals surface area contributed by atoms with Crippen molar-refractivity contribution in [2.45, 2.75) is 26.8 Å². The van der Waals surface area contributed by atoms with Gasteiger partial charge in [-0.25, -0.2) is 0 Å². The minimum Gasteiger partial charge on any atom is -0.399 e. The van der Waals surface area contributed by atoms with Gasteiger partial charge in [-0.15, -0.1) is 0 Å². The lowest BCUT2D eigenvalue weighted by molar-refractivity contribution is 0.134. The van der Waals surface area contributed by atoms with Crippen LogP contribution in [-0.4, -0.2) is 18.0 Å². The minimum atomic E-state index is 0.831. The van der Waals surface area contributed by atoms with Crippen molar-refractivity contribution in [1.29, 1.82) is 0 Å². The lowest BCUT2D eigenvalue weighted by Crippen LogP contribution is -2.38. The Morgan fingerprint density at radius 1 is 1.12 bits per heavy atom. The quantitative estimate of drug-likeness (QED) is 0.773. The Hall–Kier alpha value is -1.02. The average molecular weight is 218 g/mol. The van der Waals surface area contributed by atoms with Crippen molar-refractivity contribution >= 4 is 5.69 Å². The van der Waals surface area contributed by atoms with Gasteiger partial charge in [0.25, 0.3) is 0 Å². The molecule has 1 saturated heterocycles. The van der Waals surface area contributed by atoms with Crippen molar-refractivity contribution in [2.75, 3.05) is 18.8 Å². The molecule has 0 aromatic heterocycles. The molecule has 0 unspecified atom stereocenters. The third kappa shape index (κ3) is 2.99. The Bertz CT molecular complexity index is 321. The van der Waals surface area contributed by atoms with E-state index < -0.39 is 0 Å². The smallest absolute Gasteiger partial charge is 0.0314 e. The minimum absolute atomic E-state index is 0.831. The summed E-state index contributed by atoms with van der Waals surface area (Å²) in [6.07, 6.45) is 1.37. The van der Waals surface area contributed by atoms with Gasteiger partial charge in [-0.05, 0) is 36.0 Å². The summed E-state index contributed by atoms with van der Waals surface area (Å²) in [6, 6.07) is 8.26. The topological polar surface area (TPSA) is 29.3 Å². The Kier molecular flexibility index (Phi) is 3.49. The number of hydrogen-bond donors (Lipinski definition) is 1. The lowest BCUT2D eigenvalue weighted by Gasteiger charge is -2.35. The SMILES string of the molecule is C[C@@H]1C[C@H](C)CN(Cc2ccc(N)cc2)C1.